The number of ether oxygens (including phenoxy) is 1. The topological polar surface area (TPSA) is 24.8 Å². The molecule has 0 aromatic heterocycles. The number of hydrogen-bond donors (Lipinski definition) is 0. The molecule has 1 heterocycles. The molecular formula is C24H37AsN2O. The Bertz CT molecular complexity index is 764. The van der Waals surface area contributed by atoms with E-state index in [2.05, 4.69) is 44.7 Å². The minimum atomic E-state index is 0.337. The van der Waals surface area contributed by atoms with Crippen LogP contribution in [0.15, 0.2) is 27.3 Å². The number of aryl methyl sites for hydroxylation is 1. The standard InChI is InChI=1S/C24H37AsN2O/c1-6-17(7-2)27-20(9-4)23(26-19(8-3)24(27)25)22-18-13-11-10-12-16(18)14-15-21(22)28-5/h14-15,17,20H,6-13,25H2,1-5H3. The Balaban J connectivity index is 2.22. The molecule has 0 fully saturated rings. The first-order chi connectivity index (χ1) is 13.6. The quantitative estimate of drug-likeness (QED) is 0.562. The minimum absolute atomic E-state index is 0.337. The maximum absolute atomic E-state index is 5.89. The molecule has 1 aromatic carbocycles. The molecule has 1 aromatic rings. The molecule has 0 saturated carbocycles. The van der Waals surface area contributed by atoms with Crippen molar-refractivity contribution in [3.8, 4) is 5.75 Å². The van der Waals surface area contributed by atoms with E-state index in [-0.39, 0.29) is 0 Å². The zero-order chi connectivity index (χ0) is 20.3. The van der Waals surface area contributed by atoms with Gasteiger partial charge in [0.15, 0.2) is 0 Å². The number of rotatable bonds is 7. The molecule has 3 rings (SSSR count). The van der Waals surface area contributed by atoms with Crippen molar-refractivity contribution in [2.45, 2.75) is 91.1 Å². The second kappa shape index (κ2) is 9.52. The Morgan fingerprint density at radius 1 is 1.14 bits per heavy atom. The van der Waals surface area contributed by atoms with Gasteiger partial charge < -0.3 is 0 Å². The van der Waals surface area contributed by atoms with Gasteiger partial charge >= 0.3 is 180 Å². The van der Waals surface area contributed by atoms with E-state index in [1.165, 1.54) is 64.7 Å². The molecule has 2 unspecified atom stereocenters. The number of hydrogen-bond acceptors (Lipinski definition) is 3. The van der Waals surface area contributed by atoms with Gasteiger partial charge in [0.2, 0.25) is 0 Å². The van der Waals surface area contributed by atoms with Crippen molar-refractivity contribution in [3.63, 3.8) is 0 Å². The Hall–Kier alpha value is -1.21. The van der Waals surface area contributed by atoms with Gasteiger partial charge in [-0.1, -0.05) is 0 Å². The number of fused-ring (bicyclic) bond motifs is 1. The molecule has 0 spiro atoms. The number of methoxy groups -OCH3 is 1. The summed E-state index contributed by atoms with van der Waals surface area (Å²) in [5.74, 6) is 1.00. The van der Waals surface area contributed by atoms with E-state index in [4.69, 9.17) is 9.73 Å². The average molecular weight is 444 g/mol. The summed E-state index contributed by atoms with van der Waals surface area (Å²) in [6, 6.07) is 5.37. The van der Waals surface area contributed by atoms with Crippen LogP contribution in [-0.4, -0.2) is 46.7 Å². The first-order valence-corrected chi connectivity index (χ1v) is 12.4. The van der Waals surface area contributed by atoms with Crippen LogP contribution in [0.4, 0.5) is 0 Å². The van der Waals surface area contributed by atoms with Crippen LogP contribution in [0.5, 0.6) is 5.75 Å². The first kappa shape index (κ1) is 21.5. The molecule has 1 aliphatic carbocycles. The van der Waals surface area contributed by atoms with Gasteiger partial charge in [0.25, 0.3) is 0 Å². The van der Waals surface area contributed by atoms with Crippen LogP contribution in [0.25, 0.3) is 0 Å². The Labute approximate surface area is 180 Å². The second-order valence-electron chi connectivity index (χ2n) is 7.97. The summed E-state index contributed by atoms with van der Waals surface area (Å²) >= 11 is 1.73. The first-order valence-electron chi connectivity index (χ1n) is 11.2. The normalized spacial score (nSPS) is 19.8. The third-order valence-corrected chi connectivity index (χ3v) is 7.83. The van der Waals surface area contributed by atoms with Crippen LogP contribution >= 0.6 is 0 Å². The molecule has 0 bridgehead atoms. The summed E-state index contributed by atoms with van der Waals surface area (Å²) in [5, 5.41) is 0. The number of aliphatic imine (C=N–C) groups is 1. The summed E-state index contributed by atoms with van der Waals surface area (Å²) in [7, 11) is 1.81. The molecule has 1 aliphatic heterocycles. The van der Waals surface area contributed by atoms with Crippen molar-refractivity contribution >= 4 is 22.6 Å². The predicted octanol–water partition coefficient (Wildman–Crippen LogP) is 4.86. The van der Waals surface area contributed by atoms with E-state index in [0.717, 1.165) is 25.0 Å². The molecule has 2 aliphatic rings. The number of allylic oxidation sites excluding steroid dienone is 1. The van der Waals surface area contributed by atoms with E-state index >= 15 is 0 Å². The fraction of sp³-hybridized carbons (Fsp3) is 0.625. The molecule has 0 saturated heterocycles. The van der Waals surface area contributed by atoms with Crippen LogP contribution in [-0.2, 0) is 12.8 Å². The molecule has 154 valence electrons. The third-order valence-electron chi connectivity index (χ3n) is 6.51. The molecule has 28 heavy (non-hydrogen) atoms. The molecule has 2 atom stereocenters. The molecule has 0 N–H and O–H groups in total. The summed E-state index contributed by atoms with van der Waals surface area (Å²) in [5.41, 5.74) is 6.81. The summed E-state index contributed by atoms with van der Waals surface area (Å²) in [4.78, 5) is 8.02. The average Bonchev–Trinajstić information content (AvgIpc) is 2.74. The van der Waals surface area contributed by atoms with Crippen molar-refractivity contribution in [2.75, 3.05) is 7.11 Å². The molecule has 0 radical (unpaired) electrons. The third kappa shape index (κ3) is 3.80. The fourth-order valence-corrected chi connectivity index (χ4v) is 6.37. The van der Waals surface area contributed by atoms with E-state index in [1.807, 2.05) is 7.11 Å². The monoisotopic (exact) mass is 444 g/mol. The van der Waals surface area contributed by atoms with Crippen molar-refractivity contribution in [1.82, 2.24) is 4.90 Å². The predicted molar refractivity (Wildman–Crippen MR) is 122 cm³/mol. The van der Waals surface area contributed by atoms with Gasteiger partial charge in [-0.25, -0.2) is 0 Å². The van der Waals surface area contributed by atoms with Crippen molar-refractivity contribution in [3.05, 3.63) is 39.0 Å². The van der Waals surface area contributed by atoms with E-state index in [9.17, 15) is 0 Å². The van der Waals surface area contributed by atoms with Crippen LogP contribution in [0.1, 0.15) is 82.9 Å². The SMILES string of the molecule is CCC1=C([AsH2])N(C(CC)CC)C(CC)C(c2c(OC)ccc3c2CCCC3)=N1. The van der Waals surface area contributed by atoms with Crippen LogP contribution in [0, 0.1) is 0 Å². The van der Waals surface area contributed by atoms with Crippen LogP contribution in [0.2, 0.25) is 0 Å². The summed E-state index contributed by atoms with van der Waals surface area (Å²) in [6.07, 6.45) is 9.31. The molecular weight excluding hydrogens is 407 g/mol. The molecule has 0 amide bonds. The van der Waals surface area contributed by atoms with Gasteiger partial charge in [0.05, 0.1) is 0 Å². The zero-order valence-corrected chi connectivity index (χ0v) is 20.8. The van der Waals surface area contributed by atoms with Crippen molar-refractivity contribution < 1.29 is 4.74 Å². The van der Waals surface area contributed by atoms with Crippen molar-refractivity contribution in [1.29, 1.82) is 0 Å². The number of benzene rings is 1. The molecule has 3 nitrogen and oxygen atoms in total. The fourth-order valence-electron chi connectivity index (χ4n) is 4.99. The summed E-state index contributed by atoms with van der Waals surface area (Å²) in [6.45, 7) is 9.20. The molecule has 4 heteroatoms. The van der Waals surface area contributed by atoms with Gasteiger partial charge in [0.1, 0.15) is 0 Å². The van der Waals surface area contributed by atoms with Gasteiger partial charge in [-0.3, -0.25) is 0 Å². The second-order valence-corrected chi connectivity index (χ2v) is 9.12. The Kier molecular flexibility index (Phi) is 7.31. The van der Waals surface area contributed by atoms with E-state index in [0.29, 0.717) is 12.1 Å². The van der Waals surface area contributed by atoms with E-state index in [1.54, 1.807) is 16.9 Å². The van der Waals surface area contributed by atoms with E-state index < -0.39 is 0 Å². The van der Waals surface area contributed by atoms with Crippen LogP contribution < -0.4 is 4.74 Å². The van der Waals surface area contributed by atoms with Gasteiger partial charge in [-0.15, -0.1) is 0 Å². The number of nitrogens with zero attached hydrogens (tertiary/aromatic N) is 2. The van der Waals surface area contributed by atoms with Gasteiger partial charge in [-0.2, -0.15) is 0 Å². The summed E-state index contributed by atoms with van der Waals surface area (Å²) < 4.78 is 7.32. The zero-order valence-electron chi connectivity index (χ0n) is 18.3. The van der Waals surface area contributed by atoms with Gasteiger partial charge in [0, 0.05) is 0 Å². The Morgan fingerprint density at radius 3 is 2.46 bits per heavy atom. The Morgan fingerprint density at radius 2 is 1.86 bits per heavy atom. The maximum atomic E-state index is 5.89. The van der Waals surface area contributed by atoms with Gasteiger partial charge in [-0.05, 0) is 0 Å². The van der Waals surface area contributed by atoms with Crippen molar-refractivity contribution in [2.24, 2.45) is 4.99 Å². The van der Waals surface area contributed by atoms with Crippen LogP contribution in [0.3, 0.4) is 0 Å².